The minimum atomic E-state index is 0.158. The van der Waals surface area contributed by atoms with Crippen LogP contribution >= 0.6 is 0 Å². The first-order valence-electron chi connectivity index (χ1n) is 13.1. The van der Waals surface area contributed by atoms with Crippen molar-refractivity contribution in [1.29, 1.82) is 0 Å². The lowest BCUT2D eigenvalue weighted by atomic mass is 9.79. The highest BCUT2D eigenvalue weighted by Gasteiger charge is 2.39. The van der Waals surface area contributed by atoms with Gasteiger partial charge < -0.3 is 9.84 Å². The fraction of sp³-hybridized carbons (Fsp3) is 0.567. The summed E-state index contributed by atoms with van der Waals surface area (Å²) in [6.07, 6.45) is 18.1. The molecule has 1 aliphatic heterocycles. The van der Waals surface area contributed by atoms with Gasteiger partial charge in [-0.2, -0.15) is 0 Å². The van der Waals surface area contributed by atoms with E-state index in [4.69, 9.17) is 9.84 Å². The first kappa shape index (κ1) is 22.8. The lowest BCUT2D eigenvalue weighted by molar-refractivity contribution is 0.0617. The molecular weight excluding hydrogens is 408 g/mol. The van der Waals surface area contributed by atoms with Gasteiger partial charge in [0.15, 0.2) is 5.78 Å². The smallest absolute Gasteiger partial charge is 0.162 e. The fourth-order valence-corrected chi connectivity index (χ4v) is 6.15. The Labute approximate surface area is 198 Å². The molecule has 1 N–H and O–H groups in total. The van der Waals surface area contributed by atoms with Gasteiger partial charge in [0.2, 0.25) is 0 Å². The van der Waals surface area contributed by atoms with E-state index < -0.39 is 0 Å². The van der Waals surface area contributed by atoms with Crippen LogP contribution in [0.5, 0.6) is 0 Å². The molecule has 0 aromatic heterocycles. The first-order valence-corrected chi connectivity index (χ1v) is 13.1. The van der Waals surface area contributed by atoms with Crippen molar-refractivity contribution in [2.75, 3.05) is 19.8 Å². The largest absolute Gasteiger partial charge is 0.396 e. The number of allylic oxidation sites excluding steroid dienone is 6. The van der Waals surface area contributed by atoms with E-state index in [1.165, 1.54) is 43.2 Å². The van der Waals surface area contributed by atoms with Crippen molar-refractivity contribution in [2.24, 2.45) is 23.7 Å². The third-order valence-electron chi connectivity index (χ3n) is 8.30. The van der Waals surface area contributed by atoms with Gasteiger partial charge in [0, 0.05) is 37.7 Å². The van der Waals surface area contributed by atoms with Crippen LogP contribution in [0.3, 0.4) is 0 Å². The molecule has 3 aliphatic carbocycles. The molecule has 1 saturated heterocycles. The summed E-state index contributed by atoms with van der Waals surface area (Å²) in [5, 5.41) is 8.91. The van der Waals surface area contributed by atoms with E-state index in [0.29, 0.717) is 18.8 Å². The van der Waals surface area contributed by atoms with Crippen molar-refractivity contribution >= 4 is 11.4 Å². The van der Waals surface area contributed by atoms with Gasteiger partial charge in [0.25, 0.3) is 0 Å². The summed E-state index contributed by atoms with van der Waals surface area (Å²) in [7, 11) is 0. The number of hydrogen-bond acceptors (Lipinski definition) is 3. The van der Waals surface area contributed by atoms with Gasteiger partial charge in [-0.1, -0.05) is 53.6 Å². The molecule has 3 nitrogen and oxygen atoms in total. The number of aliphatic hydroxyl groups excluding tert-OH is 1. The van der Waals surface area contributed by atoms with Gasteiger partial charge in [0.05, 0.1) is 0 Å². The molecule has 0 spiro atoms. The Bertz CT molecular complexity index is 930. The number of benzene rings is 1. The highest BCUT2D eigenvalue weighted by atomic mass is 16.5. The molecule has 5 rings (SSSR count). The van der Waals surface area contributed by atoms with Gasteiger partial charge in [-0.05, 0) is 86.7 Å². The average Bonchev–Trinajstić information content (AvgIpc) is 3.42. The lowest BCUT2D eigenvalue weighted by Gasteiger charge is -2.25. The third-order valence-corrected chi connectivity index (χ3v) is 8.30. The Morgan fingerprint density at radius 2 is 1.85 bits per heavy atom. The molecule has 2 fully saturated rings. The van der Waals surface area contributed by atoms with Crippen LogP contribution in [0.15, 0.2) is 53.6 Å². The second kappa shape index (κ2) is 10.5. The van der Waals surface area contributed by atoms with E-state index in [-0.39, 0.29) is 12.4 Å². The number of fused-ring (bicyclic) bond motifs is 1. The summed E-state index contributed by atoms with van der Waals surface area (Å²) >= 11 is 0. The van der Waals surface area contributed by atoms with Gasteiger partial charge in [0.1, 0.15) is 0 Å². The lowest BCUT2D eigenvalue weighted by Crippen LogP contribution is -2.16. The van der Waals surface area contributed by atoms with Gasteiger partial charge in [-0.3, -0.25) is 4.79 Å². The predicted octanol–water partition coefficient (Wildman–Crippen LogP) is 6.53. The molecule has 1 aromatic rings. The molecule has 4 aliphatic rings. The molecular formula is C30H38O3. The van der Waals surface area contributed by atoms with Crippen LogP contribution < -0.4 is 0 Å². The van der Waals surface area contributed by atoms with Gasteiger partial charge in [-0.15, -0.1) is 0 Å². The molecule has 33 heavy (non-hydrogen) atoms. The van der Waals surface area contributed by atoms with Gasteiger partial charge >= 0.3 is 0 Å². The molecule has 1 heterocycles. The van der Waals surface area contributed by atoms with Crippen molar-refractivity contribution in [2.45, 2.75) is 64.2 Å². The van der Waals surface area contributed by atoms with Crippen LogP contribution in [0.25, 0.3) is 5.57 Å². The highest BCUT2D eigenvalue weighted by molar-refractivity contribution is 5.96. The number of unbranched alkanes of at least 4 members (excludes halogenated alkanes) is 1. The molecule has 1 saturated carbocycles. The second-order valence-corrected chi connectivity index (χ2v) is 10.6. The van der Waals surface area contributed by atoms with Crippen LogP contribution in [-0.2, 0) is 4.74 Å². The van der Waals surface area contributed by atoms with Crippen LogP contribution in [0.4, 0.5) is 0 Å². The monoisotopic (exact) mass is 446 g/mol. The quantitative estimate of drug-likeness (QED) is 0.252. The van der Waals surface area contributed by atoms with E-state index >= 15 is 0 Å². The SMILES string of the molecule is O=C(CCCCO)c1ccc(C2=CC=C3CC(CC4CC4CC4CCOCC4)=CCC32)cc1. The van der Waals surface area contributed by atoms with Crippen LogP contribution in [-0.4, -0.2) is 30.7 Å². The molecule has 3 unspecified atom stereocenters. The molecule has 176 valence electrons. The van der Waals surface area contributed by atoms with Crippen molar-refractivity contribution in [3.8, 4) is 0 Å². The molecule has 3 atom stereocenters. The number of ketones is 1. The zero-order chi connectivity index (χ0) is 22.6. The standard InChI is InChI=1S/C30H38O3/c31-14-2-1-3-30(32)24-7-5-23(6-8-24)28-11-9-25-18-22(4-10-29(25)28)19-27-20-26(27)17-21-12-15-33-16-13-21/h4-9,11,21,26-27,29,31H,1-3,10,12-20H2. The Morgan fingerprint density at radius 3 is 2.64 bits per heavy atom. The number of carbonyl (C=O) groups is 1. The van der Waals surface area contributed by atoms with Crippen molar-refractivity contribution < 1.29 is 14.6 Å². The van der Waals surface area contributed by atoms with Crippen LogP contribution in [0, 0.1) is 23.7 Å². The summed E-state index contributed by atoms with van der Waals surface area (Å²) < 4.78 is 5.52. The van der Waals surface area contributed by atoms with E-state index in [9.17, 15) is 4.79 Å². The maximum absolute atomic E-state index is 12.3. The summed E-state index contributed by atoms with van der Waals surface area (Å²) in [6.45, 7) is 2.11. The average molecular weight is 447 g/mol. The third kappa shape index (κ3) is 5.58. The summed E-state index contributed by atoms with van der Waals surface area (Å²) in [4.78, 5) is 12.3. The Balaban J connectivity index is 1.12. The highest BCUT2D eigenvalue weighted by Crippen LogP contribution is 2.51. The fourth-order valence-electron chi connectivity index (χ4n) is 6.15. The summed E-state index contributed by atoms with van der Waals surface area (Å²) in [6, 6.07) is 8.19. The van der Waals surface area contributed by atoms with Crippen molar-refractivity contribution in [3.63, 3.8) is 0 Å². The number of hydrogen-bond donors (Lipinski definition) is 1. The Hall–Kier alpha value is -1.97. The molecule has 0 radical (unpaired) electrons. The maximum Gasteiger partial charge on any atom is 0.162 e. The normalized spacial score (nSPS) is 26.9. The molecule has 1 aromatic carbocycles. The summed E-state index contributed by atoms with van der Waals surface area (Å²) in [5.41, 5.74) is 6.68. The number of carbonyl (C=O) groups excluding carboxylic acids is 1. The zero-order valence-electron chi connectivity index (χ0n) is 19.8. The van der Waals surface area contributed by atoms with E-state index in [1.807, 2.05) is 12.1 Å². The number of rotatable bonds is 10. The van der Waals surface area contributed by atoms with Crippen LogP contribution in [0.1, 0.15) is 80.1 Å². The molecule has 0 bridgehead atoms. The van der Waals surface area contributed by atoms with Gasteiger partial charge in [-0.25, -0.2) is 0 Å². The van der Waals surface area contributed by atoms with Crippen LogP contribution in [0.2, 0.25) is 0 Å². The maximum atomic E-state index is 12.3. The number of Topliss-reactive ketones (excluding diaryl/α,β-unsaturated/α-hetero) is 1. The number of ether oxygens (including phenoxy) is 1. The zero-order valence-corrected chi connectivity index (χ0v) is 19.8. The minimum Gasteiger partial charge on any atom is -0.396 e. The van der Waals surface area contributed by atoms with Crippen molar-refractivity contribution in [1.82, 2.24) is 0 Å². The van der Waals surface area contributed by atoms with E-state index in [1.54, 1.807) is 11.1 Å². The topological polar surface area (TPSA) is 46.5 Å². The molecule has 0 amide bonds. The minimum absolute atomic E-state index is 0.158. The Kier molecular flexibility index (Phi) is 7.27. The van der Waals surface area contributed by atoms with E-state index in [2.05, 4.69) is 30.4 Å². The molecule has 3 heteroatoms. The summed E-state index contributed by atoms with van der Waals surface area (Å²) in [5.74, 6) is 3.48. The van der Waals surface area contributed by atoms with E-state index in [0.717, 1.165) is 55.8 Å². The predicted molar refractivity (Wildman–Crippen MR) is 133 cm³/mol. The Morgan fingerprint density at radius 1 is 1.03 bits per heavy atom. The number of aliphatic hydroxyl groups is 1. The second-order valence-electron chi connectivity index (χ2n) is 10.6. The van der Waals surface area contributed by atoms with Crippen molar-refractivity contribution in [3.05, 3.63) is 64.8 Å². The first-order chi connectivity index (χ1) is 16.2.